The summed E-state index contributed by atoms with van der Waals surface area (Å²) in [6.07, 6.45) is 1.17. The second-order valence-corrected chi connectivity index (χ2v) is 10.5. The standard InChI is InChI=1S/C26H22Cl2FN5O3S/c27-20-11-8-18(13-21(20)28)23-22(33-26(31)34-24(23)30)12-5-15-1-3-16(4-2-15)14-32-25(35)17-6-9-19(10-7-17)38(29,36)37/h1-4,6-11,13H,5,12,14H2,(H,32,35)(H4,30,31,33,34). The van der Waals surface area contributed by atoms with Gasteiger partial charge in [-0.3, -0.25) is 4.79 Å². The second-order valence-electron chi connectivity index (χ2n) is 8.38. The number of nitrogens with zero attached hydrogens (tertiary/aromatic N) is 2. The summed E-state index contributed by atoms with van der Waals surface area (Å²) >= 11 is 12.2. The minimum Gasteiger partial charge on any atom is -0.383 e. The third-order valence-corrected chi connectivity index (χ3v) is 7.34. The van der Waals surface area contributed by atoms with E-state index in [1.807, 2.05) is 24.3 Å². The Labute approximate surface area is 229 Å². The fourth-order valence-corrected chi connectivity index (χ4v) is 4.59. The third kappa shape index (κ3) is 6.58. The molecule has 4 aromatic rings. The van der Waals surface area contributed by atoms with Gasteiger partial charge in [-0.2, -0.15) is 13.4 Å². The molecule has 38 heavy (non-hydrogen) atoms. The lowest BCUT2D eigenvalue weighted by Gasteiger charge is -2.13. The molecule has 1 amide bonds. The number of rotatable bonds is 8. The maximum absolute atomic E-state index is 13.0. The largest absolute Gasteiger partial charge is 0.383 e. The first-order valence-electron chi connectivity index (χ1n) is 11.3. The van der Waals surface area contributed by atoms with Crippen LogP contribution < -0.4 is 16.8 Å². The molecule has 0 aliphatic rings. The Morgan fingerprint density at radius 3 is 2.16 bits per heavy atom. The molecule has 0 saturated heterocycles. The minimum atomic E-state index is -4.81. The molecule has 1 heterocycles. The Balaban J connectivity index is 1.40. The SMILES string of the molecule is Nc1nc(N)c(-c2ccc(Cl)c(Cl)c2)c(CCc2ccc(CNC(=O)c3ccc(S(=O)(=O)F)cc3)cc2)n1. The van der Waals surface area contributed by atoms with Crippen LogP contribution in [0.25, 0.3) is 11.1 Å². The number of benzene rings is 3. The fraction of sp³-hybridized carbons (Fsp3) is 0.115. The number of anilines is 2. The molecule has 0 saturated carbocycles. The molecular weight excluding hydrogens is 552 g/mol. The molecular formula is C26H22Cl2FN5O3S. The molecule has 0 spiro atoms. The van der Waals surface area contributed by atoms with Crippen molar-refractivity contribution in [1.82, 2.24) is 15.3 Å². The summed E-state index contributed by atoms with van der Waals surface area (Å²) < 4.78 is 34.9. The van der Waals surface area contributed by atoms with Crippen LogP contribution in [0.15, 0.2) is 71.6 Å². The highest BCUT2D eigenvalue weighted by molar-refractivity contribution is 7.86. The molecule has 0 fully saturated rings. The Morgan fingerprint density at radius 1 is 0.868 bits per heavy atom. The van der Waals surface area contributed by atoms with E-state index in [9.17, 15) is 17.1 Å². The maximum atomic E-state index is 13.0. The Kier molecular flexibility index (Phi) is 8.15. The van der Waals surface area contributed by atoms with Gasteiger partial charge < -0.3 is 16.8 Å². The number of hydrogen-bond acceptors (Lipinski definition) is 7. The molecule has 0 unspecified atom stereocenters. The predicted molar refractivity (Wildman–Crippen MR) is 146 cm³/mol. The number of carbonyl (C=O) groups is 1. The van der Waals surface area contributed by atoms with Crippen LogP contribution in [0.1, 0.15) is 27.2 Å². The van der Waals surface area contributed by atoms with Gasteiger partial charge in [-0.15, -0.1) is 3.89 Å². The van der Waals surface area contributed by atoms with E-state index in [0.717, 1.165) is 28.8 Å². The quantitative estimate of drug-likeness (QED) is 0.252. The van der Waals surface area contributed by atoms with Gasteiger partial charge in [0.1, 0.15) is 5.82 Å². The van der Waals surface area contributed by atoms with Gasteiger partial charge >= 0.3 is 10.2 Å². The van der Waals surface area contributed by atoms with Crippen molar-refractivity contribution in [3.8, 4) is 11.1 Å². The summed E-state index contributed by atoms with van der Waals surface area (Å²) in [6, 6.07) is 17.4. The van der Waals surface area contributed by atoms with E-state index in [-0.39, 0.29) is 23.9 Å². The van der Waals surface area contributed by atoms with Crippen LogP contribution in [0, 0.1) is 0 Å². The van der Waals surface area contributed by atoms with Gasteiger partial charge in [-0.25, -0.2) is 4.98 Å². The van der Waals surface area contributed by atoms with Crippen molar-refractivity contribution in [2.75, 3.05) is 11.5 Å². The zero-order valence-corrected chi connectivity index (χ0v) is 22.1. The van der Waals surface area contributed by atoms with Crippen molar-refractivity contribution in [3.63, 3.8) is 0 Å². The second kappa shape index (κ2) is 11.3. The van der Waals surface area contributed by atoms with E-state index >= 15 is 0 Å². The van der Waals surface area contributed by atoms with E-state index in [2.05, 4.69) is 15.3 Å². The number of amides is 1. The summed E-state index contributed by atoms with van der Waals surface area (Å²) in [4.78, 5) is 20.3. The molecule has 1 aromatic heterocycles. The topological polar surface area (TPSA) is 141 Å². The Bertz CT molecular complexity index is 1600. The lowest BCUT2D eigenvalue weighted by Crippen LogP contribution is -2.22. The Hall–Kier alpha value is -3.73. The van der Waals surface area contributed by atoms with Crippen LogP contribution in [-0.2, 0) is 29.6 Å². The number of hydrogen-bond donors (Lipinski definition) is 3. The molecule has 196 valence electrons. The van der Waals surface area contributed by atoms with Crippen LogP contribution >= 0.6 is 23.2 Å². The number of aromatic nitrogens is 2. The average Bonchev–Trinajstić information content (AvgIpc) is 2.87. The number of nitrogens with two attached hydrogens (primary N) is 2. The molecule has 0 aliphatic carbocycles. The highest BCUT2D eigenvalue weighted by Crippen LogP contribution is 2.33. The number of halogens is 3. The molecule has 3 aromatic carbocycles. The summed E-state index contributed by atoms with van der Waals surface area (Å²) in [7, 11) is -4.81. The van der Waals surface area contributed by atoms with Crippen molar-refractivity contribution in [1.29, 1.82) is 0 Å². The number of nitrogen functional groups attached to an aromatic ring is 2. The van der Waals surface area contributed by atoms with Gasteiger partial charge in [0, 0.05) is 17.7 Å². The van der Waals surface area contributed by atoms with E-state index in [4.69, 9.17) is 34.7 Å². The maximum Gasteiger partial charge on any atom is 0.332 e. The first-order valence-corrected chi connectivity index (χ1v) is 13.4. The molecule has 5 N–H and O–H groups in total. The predicted octanol–water partition coefficient (Wildman–Crippen LogP) is 4.99. The van der Waals surface area contributed by atoms with Crippen LogP contribution in [0.2, 0.25) is 10.0 Å². The first kappa shape index (κ1) is 27.3. The monoisotopic (exact) mass is 573 g/mol. The van der Waals surface area contributed by atoms with Crippen LogP contribution in [0.4, 0.5) is 15.7 Å². The van der Waals surface area contributed by atoms with Crippen molar-refractivity contribution >= 4 is 51.1 Å². The molecule has 8 nitrogen and oxygen atoms in total. The zero-order chi connectivity index (χ0) is 27.4. The molecule has 0 atom stereocenters. The Morgan fingerprint density at radius 2 is 1.53 bits per heavy atom. The van der Waals surface area contributed by atoms with Crippen molar-refractivity contribution < 1.29 is 17.1 Å². The zero-order valence-electron chi connectivity index (χ0n) is 19.8. The van der Waals surface area contributed by atoms with E-state index in [1.54, 1.807) is 18.2 Å². The van der Waals surface area contributed by atoms with Gasteiger partial charge in [0.2, 0.25) is 5.95 Å². The third-order valence-electron chi connectivity index (χ3n) is 5.76. The molecule has 4 rings (SSSR count). The van der Waals surface area contributed by atoms with Gasteiger partial charge in [0.05, 0.1) is 20.6 Å². The number of nitrogens with one attached hydrogen (secondary N) is 1. The molecule has 0 radical (unpaired) electrons. The minimum absolute atomic E-state index is 0.0772. The average molecular weight is 574 g/mol. The smallest absolute Gasteiger partial charge is 0.332 e. The van der Waals surface area contributed by atoms with Gasteiger partial charge in [0.25, 0.3) is 5.91 Å². The van der Waals surface area contributed by atoms with Gasteiger partial charge in [-0.05, 0) is 65.9 Å². The lowest BCUT2D eigenvalue weighted by atomic mass is 9.99. The summed E-state index contributed by atoms with van der Waals surface area (Å²) in [5.41, 5.74) is 16.2. The lowest BCUT2D eigenvalue weighted by molar-refractivity contribution is 0.0950. The molecule has 0 bridgehead atoms. The highest BCUT2D eigenvalue weighted by atomic mass is 35.5. The van der Waals surface area contributed by atoms with Crippen LogP contribution in [-0.4, -0.2) is 24.3 Å². The summed E-state index contributed by atoms with van der Waals surface area (Å²) in [5, 5.41) is 3.56. The fourth-order valence-electron chi connectivity index (χ4n) is 3.83. The van der Waals surface area contributed by atoms with E-state index < -0.39 is 21.0 Å². The van der Waals surface area contributed by atoms with Crippen molar-refractivity contribution in [2.24, 2.45) is 0 Å². The van der Waals surface area contributed by atoms with Gasteiger partial charge in [0.15, 0.2) is 0 Å². The first-order chi connectivity index (χ1) is 18.0. The number of aryl methyl sites for hydroxylation is 2. The van der Waals surface area contributed by atoms with E-state index in [1.165, 1.54) is 12.1 Å². The highest BCUT2D eigenvalue weighted by Gasteiger charge is 2.16. The van der Waals surface area contributed by atoms with Gasteiger partial charge in [-0.1, -0.05) is 53.5 Å². The van der Waals surface area contributed by atoms with E-state index in [0.29, 0.717) is 34.1 Å². The number of carbonyl (C=O) groups excluding carboxylic acids is 1. The van der Waals surface area contributed by atoms with Crippen molar-refractivity contribution in [3.05, 3.63) is 99.2 Å². The van der Waals surface area contributed by atoms with Crippen LogP contribution in [0.5, 0.6) is 0 Å². The molecule has 0 aliphatic heterocycles. The van der Waals surface area contributed by atoms with Crippen molar-refractivity contribution in [2.45, 2.75) is 24.3 Å². The van der Waals surface area contributed by atoms with Crippen LogP contribution in [0.3, 0.4) is 0 Å². The normalized spacial score (nSPS) is 11.3. The molecule has 12 heteroatoms. The summed E-state index contributed by atoms with van der Waals surface area (Å²) in [6.45, 7) is 0.253. The summed E-state index contributed by atoms with van der Waals surface area (Å²) in [5.74, 6) is -0.0862.